The molecular weight excluding hydrogens is 352 g/mol. The number of benzene rings is 2. The smallest absolute Gasteiger partial charge is 0.241 e. The molecule has 0 unspecified atom stereocenters. The van der Waals surface area contributed by atoms with Crippen LogP contribution in [0.3, 0.4) is 0 Å². The van der Waals surface area contributed by atoms with Crippen molar-refractivity contribution in [3.8, 4) is 0 Å². The second kappa shape index (κ2) is 7.84. The Balaban J connectivity index is 1.78. The first-order valence-corrected chi connectivity index (χ1v) is 8.69. The van der Waals surface area contributed by atoms with Gasteiger partial charge in [-0.05, 0) is 32.2 Å². The van der Waals surface area contributed by atoms with Crippen LogP contribution in [0.2, 0.25) is 0 Å². The van der Waals surface area contributed by atoms with Gasteiger partial charge < -0.3 is 10.2 Å². The maximum atomic E-state index is 13.9. The summed E-state index contributed by atoms with van der Waals surface area (Å²) in [6.45, 7) is 1.91. The number of hydrogen-bond donors (Lipinski definition) is 1. The Morgan fingerprint density at radius 3 is 2.74 bits per heavy atom. The number of nitrogens with one attached hydrogen (secondary N) is 1. The van der Waals surface area contributed by atoms with Crippen molar-refractivity contribution in [3.63, 3.8) is 0 Å². The molecule has 0 radical (unpaired) electrons. The van der Waals surface area contributed by atoms with Crippen molar-refractivity contribution < 1.29 is 18.4 Å². The van der Waals surface area contributed by atoms with Crippen LogP contribution < -0.4 is 10.2 Å². The molecule has 27 heavy (non-hydrogen) atoms. The minimum atomic E-state index is -0.910. The Kier molecular flexibility index (Phi) is 5.51. The summed E-state index contributed by atoms with van der Waals surface area (Å²) in [6, 6.07) is 10.8. The predicted octanol–water partition coefficient (Wildman–Crippen LogP) is 3.16. The second-order valence-corrected chi connectivity index (χ2v) is 6.77. The second-order valence-electron chi connectivity index (χ2n) is 6.77. The minimum absolute atomic E-state index is 0.00280. The summed E-state index contributed by atoms with van der Waals surface area (Å²) in [5.74, 6) is -2.18. The number of carbonyl (C=O) groups is 2. The average Bonchev–Trinajstić information content (AvgIpc) is 2.73. The van der Waals surface area contributed by atoms with Crippen molar-refractivity contribution >= 4 is 23.2 Å². The van der Waals surface area contributed by atoms with Gasteiger partial charge in [0.25, 0.3) is 0 Å². The van der Waals surface area contributed by atoms with Crippen LogP contribution in [0.5, 0.6) is 0 Å². The van der Waals surface area contributed by atoms with Crippen LogP contribution in [0, 0.1) is 11.6 Å². The molecule has 0 fully saturated rings. The van der Waals surface area contributed by atoms with Gasteiger partial charge in [0.1, 0.15) is 0 Å². The summed E-state index contributed by atoms with van der Waals surface area (Å²) in [7, 11) is 1.67. The number of fused-ring (bicyclic) bond motifs is 1. The van der Waals surface area contributed by atoms with E-state index in [4.69, 9.17) is 0 Å². The molecule has 2 aromatic carbocycles. The van der Waals surface area contributed by atoms with Crippen LogP contribution in [-0.2, 0) is 16.1 Å². The van der Waals surface area contributed by atoms with E-state index in [-0.39, 0.29) is 42.9 Å². The third kappa shape index (κ3) is 4.14. The maximum Gasteiger partial charge on any atom is 0.241 e. The first-order chi connectivity index (χ1) is 12.9. The van der Waals surface area contributed by atoms with Crippen LogP contribution >= 0.6 is 0 Å². The van der Waals surface area contributed by atoms with E-state index in [1.165, 1.54) is 12.1 Å². The molecule has 2 aromatic rings. The first kappa shape index (κ1) is 19.0. The Bertz CT molecular complexity index is 872. The number of anilines is 2. The molecule has 5 nitrogen and oxygen atoms in total. The number of nitrogens with zero attached hydrogens (tertiary/aromatic N) is 2. The van der Waals surface area contributed by atoms with Gasteiger partial charge in [-0.1, -0.05) is 24.3 Å². The van der Waals surface area contributed by atoms with Crippen LogP contribution in [-0.4, -0.2) is 36.3 Å². The number of rotatable bonds is 4. The molecule has 142 valence electrons. The Labute approximate surface area is 156 Å². The van der Waals surface area contributed by atoms with E-state index in [2.05, 4.69) is 5.32 Å². The van der Waals surface area contributed by atoms with E-state index in [0.29, 0.717) is 11.4 Å². The van der Waals surface area contributed by atoms with Crippen molar-refractivity contribution in [2.75, 3.05) is 23.8 Å². The van der Waals surface area contributed by atoms with Gasteiger partial charge in [-0.2, -0.15) is 0 Å². The van der Waals surface area contributed by atoms with Gasteiger partial charge in [0.2, 0.25) is 11.8 Å². The lowest BCUT2D eigenvalue weighted by Gasteiger charge is -2.29. The SMILES string of the molecule is C[C@@H]1CC(=O)Nc2ccccc2N1C(=O)CN(C)Cc1cccc(F)c1F. The summed E-state index contributed by atoms with van der Waals surface area (Å²) in [5, 5.41) is 2.81. The zero-order chi connectivity index (χ0) is 19.6. The van der Waals surface area contributed by atoms with Crippen molar-refractivity contribution in [1.29, 1.82) is 0 Å². The molecule has 1 aliphatic heterocycles. The molecule has 1 aliphatic rings. The van der Waals surface area contributed by atoms with Crippen LogP contribution in [0.15, 0.2) is 42.5 Å². The molecule has 0 aromatic heterocycles. The van der Waals surface area contributed by atoms with Crippen LogP contribution in [0.25, 0.3) is 0 Å². The molecule has 1 N–H and O–H groups in total. The number of hydrogen-bond acceptors (Lipinski definition) is 3. The molecule has 7 heteroatoms. The van der Waals surface area contributed by atoms with Crippen LogP contribution in [0.1, 0.15) is 18.9 Å². The van der Waals surface area contributed by atoms with E-state index in [0.717, 1.165) is 6.07 Å². The standard InChI is InChI=1S/C20H21F2N3O2/c1-13-10-18(26)23-16-8-3-4-9-17(16)25(13)19(27)12-24(2)11-14-6-5-7-15(21)20(14)22/h3-9,13H,10-12H2,1-2H3,(H,23,26)/t13-/m1/s1. The van der Waals surface area contributed by atoms with Gasteiger partial charge >= 0.3 is 0 Å². The number of likely N-dealkylation sites (N-methyl/N-ethyl adjacent to an activating group) is 1. The maximum absolute atomic E-state index is 13.9. The molecule has 1 heterocycles. The fourth-order valence-electron chi connectivity index (χ4n) is 3.29. The molecule has 0 bridgehead atoms. The molecular formula is C20H21F2N3O2. The summed E-state index contributed by atoms with van der Waals surface area (Å²) in [5.41, 5.74) is 1.40. The van der Waals surface area contributed by atoms with Crippen molar-refractivity contribution in [1.82, 2.24) is 4.90 Å². The van der Waals surface area contributed by atoms with Gasteiger partial charge in [-0.3, -0.25) is 14.5 Å². The van der Waals surface area contributed by atoms with E-state index < -0.39 is 11.6 Å². The van der Waals surface area contributed by atoms with Gasteiger partial charge in [-0.15, -0.1) is 0 Å². The zero-order valence-electron chi connectivity index (χ0n) is 15.2. The summed E-state index contributed by atoms with van der Waals surface area (Å²) in [6.07, 6.45) is 0.183. The zero-order valence-corrected chi connectivity index (χ0v) is 15.2. The quantitative estimate of drug-likeness (QED) is 0.896. The third-order valence-corrected chi connectivity index (χ3v) is 4.50. The van der Waals surface area contributed by atoms with E-state index in [1.54, 1.807) is 41.1 Å². The summed E-state index contributed by atoms with van der Waals surface area (Å²) in [4.78, 5) is 28.2. The molecule has 0 saturated heterocycles. The van der Waals surface area contributed by atoms with E-state index in [9.17, 15) is 18.4 Å². The lowest BCUT2D eigenvalue weighted by Crippen LogP contribution is -2.44. The Morgan fingerprint density at radius 1 is 1.22 bits per heavy atom. The number of amides is 2. The van der Waals surface area contributed by atoms with Crippen molar-refractivity contribution in [2.24, 2.45) is 0 Å². The highest BCUT2D eigenvalue weighted by Gasteiger charge is 2.30. The molecule has 0 aliphatic carbocycles. The lowest BCUT2D eigenvalue weighted by atomic mass is 10.1. The first-order valence-electron chi connectivity index (χ1n) is 8.69. The van der Waals surface area contributed by atoms with E-state index in [1.807, 2.05) is 6.92 Å². The van der Waals surface area contributed by atoms with E-state index >= 15 is 0 Å². The van der Waals surface area contributed by atoms with Crippen molar-refractivity contribution in [2.45, 2.75) is 25.9 Å². The number of halogens is 2. The average molecular weight is 373 g/mol. The van der Waals surface area contributed by atoms with Gasteiger partial charge in [0.15, 0.2) is 11.6 Å². The minimum Gasteiger partial charge on any atom is -0.324 e. The lowest BCUT2D eigenvalue weighted by molar-refractivity contribution is -0.120. The van der Waals surface area contributed by atoms with Crippen molar-refractivity contribution in [3.05, 3.63) is 59.7 Å². The number of para-hydroxylation sites is 2. The third-order valence-electron chi connectivity index (χ3n) is 4.50. The van der Waals surface area contributed by atoms with Gasteiger partial charge in [-0.25, -0.2) is 8.78 Å². The Morgan fingerprint density at radius 2 is 1.96 bits per heavy atom. The molecule has 1 atom stereocenters. The molecule has 0 saturated carbocycles. The van der Waals surface area contributed by atoms with Crippen LogP contribution in [0.4, 0.5) is 20.2 Å². The molecule has 3 rings (SSSR count). The fraction of sp³-hybridized carbons (Fsp3) is 0.300. The molecule has 0 spiro atoms. The summed E-state index contributed by atoms with van der Waals surface area (Å²) >= 11 is 0. The monoisotopic (exact) mass is 373 g/mol. The highest BCUT2D eigenvalue weighted by Crippen LogP contribution is 2.31. The normalized spacial score (nSPS) is 16.7. The summed E-state index contributed by atoms with van der Waals surface area (Å²) < 4.78 is 27.2. The number of carbonyl (C=O) groups excluding carboxylic acids is 2. The van der Waals surface area contributed by atoms with Gasteiger partial charge in [0, 0.05) is 24.6 Å². The Hall–Kier alpha value is -2.80. The highest BCUT2D eigenvalue weighted by atomic mass is 19.2. The largest absolute Gasteiger partial charge is 0.324 e. The topological polar surface area (TPSA) is 52.7 Å². The molecule has 2 amide bonds. The predicted molar refractivity (Wildman–Crippen MR) is 99.3 cm³/mol. The highest BCUT2D eigenvalue weighted by molar-refractivity contribution is 6.04. The fourth-order valence-corrected chi connectivity index (χ4v) is 3.29. The van der Waals surface area contributed by atoms with Gasteiger partial charge in [0.05, 0.1) is 17.9 Å².